The number of nitrogens with zero attached hydrogens (tertiary/aromatic N) is 3. The molecule has 40 heavy (non-hydrogen) atoms. The predicted molar refractivity (Wildman–Crippen MR) is 162 cm³/mol. The zero-order valence-electron chi connectivity index (χ0n) is 24.8. The number of aromatic nitrogens is 2. The number of allylic oxidation sites excluding steroid dienone is 2. The molecule has 3 heterocycles. The minimum atomic E-state index is -3.45. The van der Waals surface area contributed by atoms with Gasteiger partial charge < -0.3 is 13.9 Å². The molecule has 1 aliphatic carbocycles. The van der Waals surface area contributed by atoms with Crippen LogP contribution in [0, 0.1) is 17.8 Å². The highest BCUT2D eigenvalue weighted by Gasteiger charge is 2.40. The van der Waals surface area contributed by atoms with E-state index in [4.69, 9.17) is 9.05 Å². The maximum absolute atomic E-state index is 14.0. The third-order valence-electron chi connectivity index (χ3n) is 8.89. The van der Waals surface area contributed by atoms with Gasteiger partial charge in [-0.2, -0.15) is 0 Å². The van der Waals surface area contributed by atoms with E-state index in [0.717, 1.165) is 48.0 Å². The van der Waals surface area contributed by atoms with E-state index < -0.39 is 7.60 Å². The highest BCUT2D eigenvalue weighted by molar-refractivity contribution is 7.57. The van der Waals surface area contributed by atoms with Crippen molar-refractivity contribution in [3.05, 3.63) is 57.9 Å². The van der Waals surface area contributed by atoms with Crippen LogP contribution < -0.4 is 5.56 Å². The van der Waals surface area contributed by atoms with Gasteiger partial charge >= 0.3 is 7.60 Å². The van der Waals surface area contributed by atoms with Crippen LogP contribution in [0.2, 0.25) is 0 Å². The Morgan fingerprint density at radius 3 is 2.25 bits per heavy atom. The van der Waals surface area contributed by atoms with Crippen LogP contribution in [0.15, 0.2) is 46.7 Å². The molecule has 3 aliphatic rings. The van der Waals surface area contributed by atoms with Crippen LogP contribution in [0.3, 0.4) is 0 Å². The molecule has 0 amide bonds. The van der Waals surface area contributed by atoms with E-state index in [1.165, 1.54) is 43.3 Å². The standard InChI is InChI=1S/C32H46N3O4P/c1-6-38-40(37,39-7-2)15-14-30-32(36)35(31-11-9-8-10-29(31)33-30)28-20-25-12-13-26(21-28)34(25)27-18-23(4)16-22(3)17-24(5)19-27/h8-11,14-15,20,22-24,26-28H,6-7,12-13,16-19,21H2,1-5H3/b15-14+/t22-,23+,24-,26-,27+,28-/m1/s1. The number of hydrogen-bond donors (Lipinski definition) is 0. The van der Waals surface area contributed by atoms with Gasteiger partial charge in [0.25, 0.3) is 5.56 Å². The summed E-state index contributed by atoms with van der Waals surface area (Å²) in [5, 5.41) is 0. The lowest BCUT2D eigenvalue weighted by molar-refractivity contribution is 0.115. The average molecular weight is 568 g/mol. The van der Waals surface area contributed by atoms with Gasteiger partial charge in [0.05, 0.1) is 30.3 Å². The van der Waals surface area contributed by atoms with Crippen LogP contribution in [-0.2, 0) is 13.6 Å². The molecule has 0 unspecified atom stereocenters. The van der Waals surface area contributed by atoms with Crippen LogP contribution >= 0.6 is 7.60 Å². The first-order valence-electron chi connectivity index (χ1n) is 15.3. The second-order valence-electron chi connectivity index (χ2n) is 12.3. The van der Waals surface area contributed by atoms with Crippen LogP contribution in [0.4, 0.5) is 0 Å². The van der Waals surface area contributed by atoms with Crippen molar-refractivity contribution in [1.29, 1.82) is 0 Å². The van der Waals surface area contributed by atoms with Gasteiger partial charge in [0.2, 0.25) is 0 Å². The number of benzene rings is 1. The van der Waals surface area contributed by atoms with E-state index >= 15 is 0 Å². The van der Waals surface area contributed by atoms with Gasteiger partial charge in [0.15, 0.2) is 0 Å². The highest BCUT2D eigenvalue weighted by atomic mass is 31.2. The van der Waals surface area contributed by atoms with E-state index in [9.17, 15) is 9.36 Å². The third kappa shape index (κ3) is 6.17. The fraction of sp³-hybridized carbons (Fsp3) is 0.625. The van der Waals surface area contributed by atoms with E-state index in [-0.39, 0.29) is 30.5 Å². The Bertz CT molecular complexity index is 1340. The van der Waals surface area contributed by atoms with Crippen molar-refractivity contribution in [3.63, 3.8) is 0 Å². The molecule has 7 nitrogen and oxygen atoms in total. The Hall–Kier alpha value is -2.21. The second kappa shape index (κ2) is 12.3. The first kappa shape index (κ1) is 29.3. The molecule has 2 bridgehead atoms. The van der Waals surface area contributed by atoms with Crippen molar-refractivity contribution in [2.24, 2.45) is 17.8 Å². The van der Waals surface area contributed by atoms with Gasteiger partial charge in [-0.15, -0.1) is 0 Å². The molecule has 1 aromatic carbocycles. The summed E-state index contributed by atoms with van der Waals surface area (Å²) in [6.45, 7) is 11.3. The molecule has 2 aliphatic heterocycles. The van der Waals surface area contributed by atoms with E-state index in [2.05, 4.69) is 36.7 Å². The molecule has 0 spiro atoms. The molecule has 1 aromatic heterocycles. The maximum atomic E-state index is 14.0. The van der Waals surface area contributed by atoms with Gasteiger partial charge in [-0.05, 0) is 101 Å². The molecule has 0 N–H and O–H groups in total. The predicted octanol–water partition coefficient (Wildman–Crippen LogP) is 7.78. The Labute approximate surface area is 239 Å². The summed E-state index contributed by atoms with van der Waals surface area (Å²) in [7, 11) is -3.45. The molecule has 1 saturated heterocycles. The molecule has 5 rings (SSSR count). The molecule has 2 fully saturated rings. The number of hydrogen-bond acceptors (Lipinski definition) is 6. The van der Waals surface area contributed by atoms with E-state index in [1.807, 2.05) is 28.8 Å². The summed E-state index contributed by atoms with van der Waals surface area (Å²) in [5.74, 6) is 3.65. The SMILES string of the molecule is CCOP(=O)(/C=C/c1nc2ccccc2n([C@@H]2C=C3CC[C@H](C2)N3[C@@H]2C[C@H](C)C[C@H](C)C[C@H](C)C2)c1=O)OCC. The van der Waals surface area contributed by atoms with Crippen molar-refractivity contribution in [1.82, 2.24) is 14.5 Å². The Morgan fingerprint density at radius 2 is 1.60 bits per heavy atom. The number of fused-ring (bicyclic) bond motifs is 3. The normalized spacial score (nSPS) is 29.5. The summed E-state index contributed by atoms with van der Waals surface area (Å²) >= 11 is 0. The Balaban J connectivity index is 1.51. The lowest BCUT2D eigenvalue weighted by Gasteiger charge is -2.44. The fourth-order valence-corrected chi connectivity index (χ4v) is 8.96. The summed E-state index contributed by atoms with van der Waals surface area (Å²) < 4.78 is 25.8. The lowest BCUT2D eigenvalue weighted by Crippen LogP contribution is -2.45. The summed E-state index contributed by atoms with van der Waals surface area (Å²) in [6, 6.07) is 8.79. The fourth-order valence-electron chi connectivity index (χ4n) is 7.67. The van der Waals surface area contributed by atoms with E-state index in [1.54, 1.807) is 13.8 Å². The molecular weight excluding hydrogens is 521 g/mol. The molecule has 218 valence electrons. The van der Waals surface area contributed by atoms with Gasteiger partial charge in [-0.3, -0.25) is 13.9 Å². The minimum Gasteiger partial charge on any atom is -0.369 e. The average Bonchev–Trinajstić information content (AvgIpc) is 3.15. The molecule has 1 saturated carbocycles. The Kier molecular flexibility index (Phi) is 9.04. The number of para-hydroxylation sites is 2. The van der Waals surface area contributed by atoms with Gasteiger partial charge in [-0.25, -0.2) is 4.98 Å². The summed E-state index contributed by atoms with van der Waals surface area (Å²) in [6.07, 6.45) is 12.1. The largest absolute Gasteiger partial charge is 0.369 e. The van der Waals surface area contributed by atoms with Crippen LogP contribution in [0.25, 0.3) is 17.1 Å². The Morgan fingerprint density at radius 1 is 0.950 bits per heavy atom. The molecular formula is C32H46N3O4P. The van der Waals surface area contributed by atoms with Crippen molar-refractivity contribution >= 4 is 24.7 Å². The molecule has 0 radical (unpaired) electrons. The van der Waals surface area contributed by atoms with Crippen LogP contribution in [0.5, 0.6) is 0 Å². The smallest absolute Gasteiger partial charge is 0.354 e. The molecule has 6 atom stereocenters. The highest BCUT2D eigenvalue weighted by Crippen LogP contribution is 2.50. The first-order chi connectivity index (χ1) is 19.2. The third-order valence-corrected chi connectivity index (χ3v) is 10.6. The quantitative estimate of drug-likeness (QED) is 0.303. The van der Waals surface area contributed by atoms with Crippen LogP contribution in [-0.4, -0.2) is 39.7 Å². The molecule has 2 aromatic rings. The maximum Gasteiger partial charge on any atom is 0.354 e. The van der Waals surface area contributed by atoms with Gasteiger partial charge in [0, 0.05) is 23.6 Å². The molecule has 8 heteroatoms. The number of rotatable bonds is 8. The van der Waals surface area contributed by atoms with Gasteiger partial charge in [0.1, 0.15) is 5.69 Å². The van der Waals surface area contributed by atoms with Gasteiger partial charge in [-0.1, -0.05) is 32.9 Å². The first-order valence-corrected chi connectivity index (χ1v) is 16.9. The van der Waals surface area contributed by atoms with Crippen molar-refractivity contribution in [3.8, 4) is 0 Å². The second-order valence-corrected chi connectivity index (χ2v) is 14.2. The zero-order chi connectivity index (χ0) is 28.4. The monoisotopic (exact) mass is 567 g/mol. The minimum absolute atomic E-state index is 0.0414. The summed E-state index contributed by atoms with van der Waals surface area (Å²) in [5.41, 5.74) is 3.06. The van der Waals surface area contributed by atoms with Crippen molar-refractivity contribution in [2.75, 3.05) is 13.2 Å². The zero-order valence-corrected chi connectivity index (χ0v) is 25.7. The lowest BCUT2D eigenvalue weighted by atomic mass is 9.78. The van der Waals surface area contributed by atoms with Crippen LogP contribution in [0.1, 0.15) is 91.3 Å². The van der Waals surface area contributed by atoms with E-state index in [0.29, 0.717) is 12.1 Å². The summed E-state index contributed by atoms with van der Waals surface area (Å²) in [4.78, 5) is 21.4. The van der Waals surface area contributed by atoms with Crippen molar-refractivity contribution in [2.45, 2.75) is 97.7 Å². The topological polar surface area (TPSA) is 73.7 Å². The van der Waals surface area contributed by atoms with Crippen molar-refractivity contribution < 1.29 is 13.6 Å².